The van der Waals surface area contributed by atoms with Crippen LogP contribution in [0.1, 0.15) is 19.3 Å². The van der Waals surface area contributed by atoms with E-state index in [0.29, 0.717) is 19.4 Å². The van der Waals surface area contributed by atoms with Crippen LogP contribution in [0, 0.1) is 5.41 Å². The van der Waals surface area contributed by atoms with Gasteiger partial charge in [-0.25, -0.2) is 8.42 Å². The molecule has 1 N–H and O–H groups in total. The van der Waals surface area contributed by atoms with Gasteiger partial charge < -0.3 is 9.84 Å². The van der Waals surface area contributed by atoms with Crippen molar-refractivity contribution in [3.05, 3.63) is 0 Å². The second kappa shape index (κ2) is 4.49. The molecule has 15 heavy (non-hydrogen) atoms. The minimum atomic E-state index is -3.11. The fraction of sp³-hybridized carbons (Fsp3) is 0.889. The van der Waals surface area contributed by atoms with Crippen molar-refractivity contribution in [3.8, 4) is 0 Å². The van der Waals surface area contributed by atoms with E-state index in [0.717, 1.165) is 6.26 Å². The van der Waals surface area contributed by atoms with E-state index in [4.69, 9.17) is 9.84 Å². The average molecular weight is 236 g/mol. The first-order chi connectivity index (χ1) is 6.86. The minimum absolute atomic E-state index is 0.0946. The summed E-state index contributed by atoms with van der Waals surface area (Å²) in [4.78, 5) is 11.1. The summed E-state index contributed by atoms with van der Waals surface area (Å²) in [5, 5.41) is 9.11. The summed E-state index contributed by atoms with van der Waals surface area (Å²) in [7, 11) is -3.11. The van der Waals surface area contributed by atoms with Crippen LogP contribution in [0.4, 0.5) is 0 Å². The third kappa shape index (κ3) is 3.46. The van der Waals surface area contributed by atoms with Gasteiger partial charge >= 0.3 is 5.97 Å². The van der Waals surface area contributed by atoms with E-state index < -0.39 is 21.2 Å². The fourth-order valence-electron chi connectivity index (χ4n) is 1.71. The van der Waals surface area contributed by atoms with Crippen molar-refractivity contribution >= 4 is 15.8 Å². The third-order valence-corrected chi connectivity index (χ3v) is 3.67. The van der Waals surface area contributed by atoms with Gasteiger partial charge in [-0.15, -0.1) is 0 Å². The zero-order valence-corrected chi connectivity index (χ0v) is 9.55. The van der Waals surface area contributed by atoms with E-state index >= 15 is 0 Å². The Bertz CT molecular complexity index is 326. The topological polar surface area (TPSA) is 80.7 Å². The molecule has 1 heterocycles. The summed E-state index contributed by atoms with van der Waals surface area (Å²) in [5.41, 5.74) is -0.999. The van der Waals surface area contributed by atoms with Crippen LogP contribution < -0.4 is 0 Å². The smallest absolute Gasteiger partial charge is 0.312 e. The first-order valence-corrected chi connectivity index (χ1v) is 6.91. The molecular weight excluding hydrogens is 220 g/mol. The van der Waals surface area contributed by atoms with Crippen LogP contribution in [0.25, 0.3) is 0 Å². The second-order valence-corrected chi connectivity index (χ2v) is 6.38. The molecule has 0 aromatic rings. The van der Waals surface area contributed by atoms with Crippen molar-refractivity contribution in [1.29, 1.82) is 0 Å². The van der Waals surface area contributed by atoms with E-state index in [2.05, 4.69) is 0 Å². The SMILES string of the molecule is CS(=O)(=O)CCC1(C(=O)O)CCCOC1. The summed E-state index contributed by atoms with van der Waals surface area (Å²) >= 11 is 0. The van der Waals surface area contributed by atoms with Crippen molar-refractivity contribution < 1.29 is 23.1 Å². The normalized spacial score (nSPS) is 27.5. The number of carbonyl (C=O) groups is 1. The van der Waals surface area contributed by atoms with Crippen LogP contribution in [-0.4, -0.2) is 44.7 Å². The lowest BCUT2D eigenvalue weighted by Crippen LogP contribution is -2.40. The van der Waals surface area contributed by atoms with Gasteiger partial charge in [-0.05, 0) is 19.3 Å². The summed E-state index contributed by atoms with van der Waals surface area (Å²) in [6.07, 6.45) is 2.43. The Morgan fingerprint density at radius 3 is 2.60 bits per heavy atom. The highest BCUT2D eigenvalue weighted by Crippen LogP contribution is 2.32. The highest BCUT2D eigenvalue weighted by atomic mass is 32.2. The standard InChI is InChI=1S/C9H16O5S/c1-15(12,13)6-4-9(8(10)11)3-2-5-14-7-9/h2-7H2,1H3,(H,10,11). The number of rotatable bonds is 4. The molecule has 0 bridgehead atoms. The van der Waals surface area contributed by atoms with E-state index in [9.17, 15) is 13.2 Å². The molecule has 1 unspecified atom stereocenters. The molecule has 0 aliphatic carbocycles. The minimum Gasteiger partial charge on any atom is -0.481 e. The molecule has 6 heteroatoms. The predicted molar refractivity (Wildman–Crippen MR) is 54.4 cm³/mol. The third-order valence-electron chi connectivity index (χ3n) is 2.73. The van der Waals surface area contributed by atoms with Crippen LogP contribution in [-0.2, 0) is 19.4 Å². The predicted octanol–water partition coefficient (Wildman–Crippen LogP) is 0.302. The molecule has 0 saturated carbocycles. The summed E-state index contributed by atoms with van der Waals surface area (Å²) in [6.45, 7) is 0.686. The number of hydrogen-bond donors (Lipinski definition) is 1. The number of sulfone groups is 1. The zero-order chi connectivity index (χ0) is 11.5. The molecule has 88 valence electrons. The number of carboxylic acids is 1. The second-order valence-electron chi connectivity index (χ2n) is 4.12. The quantitative estimate of drug-likeness (QED) is 0.759. The molecular formula is C9H16O5S. The summed E-state index contributed by atoms with van der Waals surface area (Å²) in [5.74, 6) is -1.05. The Labute approximate surface area is 89.3 Å². The van der Waals surface area contributed by atoms with E-state index in [1.807, 2.05) is 0 Å². The molecule has 0 aromatic carbocycles. The molecule has 0 radical (unpaired) electrons. The molecule has 5 nitrogen and oxygen atoms in total. The Morgan fingerprint density at radius 2 is 2.20 bits per heavy atom. The molecule has 1 saturated heterocycles. The van der Waals surface area contributed by atoms with Crippen molar-refractivity contribution in [2.75, 3.05) is 25.2 Å². The highest BCUT2D eigenvalue weighted by Gasteiger charge is 2.40. The monoisotopic (exact) mass is 236 g/mol. The average Bonchev–Trinajstić information content (AvgIpc) is 2.15. The van der Waals surface area contributed by atoms with Gasteiger partial charge in [0.1, 0.15) is 9.84 Å². The van der Waals surface area contributed by atoms with Gasteiger partial charge in [0, 0.05) is 12.9 Å². The first-order valence-electron chi connectivity index (χ1n) is 4.85. The van der Waals surface area contributed by atoms with Crippen molar-refractivity contribution in [1.82, 2.24) is 0 Å². The van der Waals surface area contributed by atoms with Gasteiger partial charge in [0.2, 0.25) is 0 Å². The lowest BCUT2D eigenvalue weighted by Gasteiger charge is -2.32. The van der Waals surface area contributed by atoms with Crippen LogP contribution >= 0.6 is 0 Å². The maximum absolute atomic E-state index is 11.1. The van der Waals surface area contributed by atoms with Crippen LogP contribution in [0.15, 0.2) is 0 Å². The van der Waals surface area contributed by atoms with Gasteiger partial charge in [0.05, 0.1) is 17.8 Å². The first kappa shape index (κ1) is 12.4. The van der Waals surface area contributed by atoms with Gasteiger partial charge in [0.15, 0.2) is 0 Å². The number of ether oxygens (including phenoxy) is 1. The fourth-order valence-corrected chi connectivity index (χ4v) is 2.47. The van der Waals surface area contributed by atoms with Crippen molar-refractivity contribution in [2.45, 2.75) is 19.3 Å². The Kier molecular flexibility index (Phi) is 3.72. The number of aliphatic carboxylic acids is 1. The van der Waals surface area contributed by atoms with Gasteiger partial charge in [0.25, 0.3) is 0 Å². The van der Waals surface area contributed by atoms with Gasteiger partial charge in [-0.2, -0.15) is 0 Å². The molecule has 1 aliphatic rings. The summed E-state index contributed by atoms with van der Waals surface area (Å²) < 4.78 is 27.1. The maximum atomic E-state index is 11.1. The largest absolute Gasteiger partial charge is 0.481 e. The molecule has 1 atom stereocenters. The molecule has 1 aliphatic heterocycles. The van der Waals surface area contributed by atoms with Gasteiger partial charge in [-0.1, -0.05) is 0 Å². The lowest BCUT2D eigenvalue weighted by atomic mass is 9.80. The van der Waals surface area contributed by atoms with Crippen molar-refractivity contribution in [2.24, 2.45) is 5.41 Å². The zero-order valence-electron chi connectivity index (χ0n) is 8.73. The maximum Gasteiger partial charge on any atom is 0.312 e. The van der Waals surface area contributed by atoms with Crippen LogP contribution in [0.3, 0.4) is 0 Å². The highest BCUT2D eigenvalue weighted by molar-refractivity contribution is 7.90. The van der Waals surface area contributed by atoms with E-state index in [-0.39, 0.29) is 18.8 Å². The summed E-state index contributed by atoms with van der Waals surface area (Å²) in [6, 6.07) is 0. The van der Waals surface area contributed by atoms with Crippen molar-refractivity contribution in [3.63, 3.8) is 0 Å². The molecule has 0 aromatic heterocycles. The number of hydrogen-bond acceptors (Lipinski definition) is 4. The van der Waals surface area contributed by atoms with Gasteiger partial charge in [-0.3, -0.25) is 4.79 Å². The Morgan fingerprint density at radius 1 is 1.53 bits per heavy atom. The van der Waals surface area contributed by atoms with E-state index in [1.165, 1.54) is 0 Å². The van der Waals surface area contributed by atoms with E-state index in [1.54, 1.807) is 0 Å². The molecule has 1 rings (SSSR count). The van der Waals surface area contributed by atoms with Crippen LogP contribution in [0.5, 0.6) is 0 Å². The Balaban J connectivity index is 2.69. The lowest BCUT2D eigenvalue weighted by molar-refractivity contribution is -0.157. The van der Waals surface area contributed by atoms with Crippen LogP contribution in [0.2, 0.25) is 0 Å². The molecule has 1 fully saturated rings. The molecule has 0 spiro atoms. The Hall–Kier alpha value is -0.620. The molecule has 0 amide bonds. The number of carboxylic acid groups (broad SMARTS) is 1.